The normalized spacial score (nSPS) is 12.6. The van der Waals surface area contributed by atoms with Crippen molar-refractivity contribution in [2.45, 2.75) is 155 Å². The van der Waals surface area contributed by atoms with E-state index in [9.17, 15) is 19.8 Å². The van der Waals surface area contributed by atoms with Crippen LogP contribution in [0.15, 0.2) is 0 Å². The second-order valence-corrected chi connectivity index (χ2v) is 9.83. The third-order valence-electron chi connectivity index (χ3n) is 6.87. The number of hydrogen-bond donors (Lipinski definition) is 2. The van der Waals surface area contributed by atoms with Crippen LogP contribution >= 0.6 is 0 Å². The molecule has 0 aromatic carbocycles. The molecular formula is C28H54O5. The quantitative estimate of drug-likeness (QED) is 0.111. The monoisotopic (exact) mass is 470 g/mol. The summed E-state index contributed by atoms with van der Waals surface area (Å²) in [5.41, 5.74) is -1.44. The van der Waals surface area contributed by atoms with Gasteiger partial charge in [0, 0.05) is 0 Å². The molecule has 0 aliphatic rings. The standard InChI is InChI=1S/C28H54O5/c1-4-7-10-13-16-19-22-28(27(31)32,23-20-17-14-11-8-5-2)25(29)26(30)33-24-21-18-15-12-9-6-3/h25,29H,4-24H2,1-3H3,(H,31,32). The first-order chi connectivity index (χ1) is 16.0. The molecule has 1 unspecified atom stereocenters. The summed E-state index contributed by atoms with van der Waals surface area (Å²) in [5.74, 6) is -1.82. The number of carbonyl (C=O) groups excluding carboxylic acids is 1. The van der Waals surface area contributed by atoms with Crippen molar-refractivity contribution in [1.29, 1.82) is 0 Å². The molecule has 1 atom stereocenters. The van der Waals surface area contributed by atoms with Crippen molar-refractivity contribution >= 4 is 11.9 Å². The lowest BCUT2D eigenvalue weighted by Gasteiger charge is -2.33. The zero-order chi connectivity index (χ0) is 24.8. The Bertz CT molecular complexity index is 461. The smallest absolute Gasteiger partial charge is 0.336 e. The maximum atomic E-state index is 12.6. The Kier molecular flexibility index (Phi) is 20.7. The Balaban J connectivity index is 4.86. The predicted molar refractivity (Wildman–Crippen MR) is 136 cm³/mol. The zero-order valence-corrected chi connectivity index (χ0v) is 22.0. The number of rotatable bonds is 24. The van der Waals surface area contributed by atoms with Crippen molar-refractivity contribution in [1.82, 2.24) is 0 Å². The summed E-state index contributed by atoms with van der Waals surface area (Å²) in [6.45, 7) is 6.77. The van der Waals surface area contributed by atoms with Crippen LogP contribution in [-0.2, 0) is 14.3 Å². The summed E-state index contributed by atoms with van der Waals surface area (Å²) in [4.78, 5) is 25.1. The predicted octanol–water partition coefficient (Wildman–Crippen LogP) is 7.82. The van der Waals surface area contributed by atoms with Crippen LogP contribution in [0.2, 0.25) is 0 Å². The first kappa shape index (κ1) is 31.9. The second-order valence-electron chi connectivity index (χ2n) is 9.83. The highest BCUT2D eigenvalue weighted by Gasteiger charge is 2.48. The van der Waals surface area contributed by atoms with Gasteiger partial charge in [0.2, 0.25) is 0 Å². The third-order valence-corrected chi connectivity index (χ3v) is 6.87. The fraction of sp³-hybridized carbons (Fsp3) is 0.929. The van der Waals surface area contributed by atoms with E-state index in [2.05, 4.69) is 20.8 Å². The minimum absolute atomic E-state index is 0.256. The molecule has 196 valence electrons. The van der Waals surface area contributed by atoms with E-state index in [-0.39, 0.29) is 6.61 Å². The van der Waals surface area contributed by atoms with Crippen molar-refractivity contribution < 1.29 is 24.5 Å². The number of unbranched alkanes of at least 4 members (excludes halogenated alkanes) is 15. The maximum absolute atomic E-state index is 12.6. The molecule has 5 heteroatoms. The summed E-state index contributed by atoms with van der Waals surface area (Å²) >= 11 is 0. The van der Waals surface area contributed by atoms with Gasteiger partial charge in [0.25, 0.3) is 0 Å². The average Bonchev–Trinajstić information content (AvgIpc) is 2.80. The number of ether oxygens (including phenoxy) is 1. The number of hydrogen-bond acceptors (Lipinski definition) is 4. The van der Waals surface area contributed by atoms with Crippen LogP contribution in [-0.4, -0.2) is 34.9 Å². The Morgan fingerprint density at radius 2 is 1.00 bits per heavy atom. The molecule has 0 aliphatic carbocycles. The molecule has 2 N–H and O–H groups in total. The summed E-state index contributed by atoms with van der Waals surface area (Å²) in [5, 5.41) is 21.0. The molecule has 0 bridgehead atoms. The van der Waals surface area contributed by atoms with Crippen LogP contribution in [0.25, 0.3) is 0 Å². The molecule has 0 radical (unpaired) electrons. The van der Waals surface area contributed by atoms with Crippen LogP contribution < -0.4 is 0 Å². The van der Waals surface area contributed by atoms with Crippen molar-refractivity contribution in [3.05, 3.63) is 0 Å². The van der Waals surface area contributed by atoms with Gasteiger partial charge in [-0.15, -0.1) is 0 Å². The van der Waals surface area contributed by atoms with E-state index < -0.39 is 23.5 Å². The molecule has 5 nitrogen and oxygen atoms in total. The van der Waals surface area contributed by atoms with E-state index >= 15 is 0 Å². The molecule has 0 fully saturated rings. The largest absolute Gasteiger partial charge is 0.481 e. The molecule has 0 spiro atoms. The van der Waals surface area contributed by atoms with E-state index in [1.54, 1.807) is 0 Å². The summed E-state index contributed by atoms with van der Waals surface area (Å²) < 4.78 is 5.33. The lowest BCUT2D eigenvalue weighted by molar-refractivity contribution is -0.175. The van der Waals surface area contributed by atoms with Gasteiger partial charge < -0.3 is 14.9 Å². The SMILES string of the molecule is CCCCCCCCOC(=O)C(O)C(CCCCCCCC)(CCCCCCCC)C(=O)O. The van der Waals surface area contributed by atoms with Crippen LogP contribution in [0.3, 0.4) is 0 Å². The molecule has 0 aliphatic heterocycles. The Hall–Kier alpha value is -1.10. The Morgan fingerprint density at radius 1 is 0.636 bits per heavy atom. The molecule has 0 aromatic rings. The van der Waals surface area contributed by atoms with Crippen LogP contribution in [0, 0.1) is 5.41 Å². The van der Waals surface area contributed by atoms with Gasteiger partial charge in [0.05, 0.1) is 6.61 Å². The van der Waals surface area contributed by atoms with Crippen molar-refractivity contribution in [2.24, 2.45) is 5.41 Å². The number of carbonyl (C=O) groups is 2. The van der Waals surface area contributed by atoms with Gasteiger partial charge >= 0.3 is 11.9 Å². The first-order valence-electron chi connectivity index (χ1n) is 14.0. The van der Waals surface area contributed by atoms with Crippen LogP contribution in [0.4, 0.5) is 0 Å². The molecule has 0 amide bonds. The Morgan fingerprint density at radius 3 is 1.39 bits per heavy atom. The number of carboxylic acids is 1. The zero-order valence-electron chi connectivity index (χ0n) is 22.0. The number of aliphatic carboxylic acids is 1. The van der Waals surface area contributed by atoms with Gasteiger partial charge in [-0.2, -0.15) is 0 Å². The van der Waals surface area contributed by atoms with Gasteiger partial charge in [-0.25, -0.2) is 4.79 Å². The van der Waals surface area contributed by atoms with Crippen LogP contribution in [0.1, 0.15) is 149 Å². The van der Waals surface area contributed by atoms with E-state index in [0.29, 0.717) is 25.7 Å². The van der Waals surface area contributed by atoms with Crippen LogP contribution in [0.5, 0.6) is 0 Å². The molecule has 0 rings (SSSR count). The maximum Gasteiger partial charge on any atom is 0.336 e. The highest BCUT2D eigenvalue weighted by molar-refractivity contribution is 5.86. The van der Waals surface area contributed by atoms with Gasteiger partial charge in [-0.05, 0) is 19.3 Å². The van der Waals surface area contributed by atoms with E-state index in [1.807, 2.05) is 0 Å². The summed E-state index contributed by atoms with van der Waals surface area (Å²) in [6, 6.07) is 0. The molecule has 0 heterocycles. The van der Waals surface area contributed by atoms with E-state index in [1.165, 1.54) is 44.9 Å². The van der Waals surface area contributed by atoms with Gasteiger partial charge in [-0.1, -0.05) is 130 Å². The lowest BCUT2D eigenvalue weighted by atomic mass is 9.73. The third kappa shape index (κ3) is 14.7. The van der Waals surface area contributed by atoms with Gasteiger partial charge in [-0.3, -0.25) is 4.79 Å². The molecular weight excluding hydrogens is 416 g/mol. The number of aliphatic hydroxyl groups excluding tert-OH is 1. The minimum Gasteiger partial charge on any atom is -0.481 e. The second kappa shape index (κ2) is 21.4. The Labute approximate surface area is 204 Å². The lowest BCUT2D eigenvalue weighted by Crippen LogP contribution is -2.47. The number of esters is 1. The fourth-order valence-corrected chi connectivity index (χ4v) is 4.53. The van der Waals surface area contributed by atoms with E-state index in [4.69, 9.17) is 4.74 Å². The van der Waals surface area contributed by atoms with Crippen molar-refractivity contribution in [3.63, 3.8) is 0 Å². The number of aliphatic hydroxyl groups is 1. The van der Waals surface area contributed by atoms with Gasteiger partial charge in [0.15, 0.2) is 6.10 Å². The van der Waals surface area contributed by atoms with Gasteiger partial charge in [0.1, 0.15) is 5.41 Å². The van der Waals surface area contributed by atoms with E-state index in [0.717, 1.165) is 57.8 Å². The minimum atomic E-state index is -1.60. The summed E-state index contributed by atoms with van der Waals surface area (Å²) in [6.07, 6.45) is 18.0. The highest BCUT2D eigenvalue weighted by atomic mass is 16.5. The van der Waals surface area contributed by atoms with Crippen molar-refractivity contribution in [2.75, 3.05) is 6.61 Å². The first-order valence-corrected chi connectivity index (χ1v) is 14.0. The van der Waals surface area contributed by atoms with Crippen molar-refractivity contribution in [3.8, 4) is 0 Å². The number of carboxylic acid groups (broad SMARTS) is 1. The molecule has 0 saturated carbocycles. The topological polar surface area (TPSA) is 83.8 Å². The molecule has 33 heavy (non-hydrogen) atoms. The molecule has 0 saturated heterocycles. The molecule has 0 aromatic heterocycles. The highest BCUT2D eigenvalue weighted by Crippen LogP contribution is 2.37. The summed E-state index contributed by atoms with van der Waals surface area (Å²) in [7, 11) is 0. The fourth-order valence-electron chi connectivity index (χ4n) is 4.53. The average molecular weight is 471 g/mol.